The van der Waals surface area contributed by atoms with Crippen molar-refractivity contribution >= 4 is 5.95 Å². The molecule has 0 aliphatic heterocycles. The fourth-order valence-corrected chi connectivity index (χ4v) is 1.04. The van der Waals surface area contributed by atoms with Crippen molar-refractivity contribution in [3.63, 3.8) is 0 Å². The number of nitrogens with zero attached hydrogens (tertiary/aromatic N) is 3. The molecule has 4 heteroatoms. The van der Waals surface area contributed by atoms with E-state index in [4.69, 9.17) is 0 Å². The first-order chi connectivity index (χ1) is 7.24. The molecule has 0 saturated carbocycles. The zero-order chi connectivity index (χ0) is 11.1. The molecule has 15 heavy (non-hydrogen) atoms. The molecule has 1 rings (SSSR count). The SMILES string of the molecule is CC#CCNCc1ccnc(N(C)C)n1. The van der Waals surface area contributed by atoms with Crippen LogP contribution < -0.4 is 10.2 Å². The predicted molar refractivity (Wildman–Crippen MR) is 61.5 cm³/mol. The van der Waals surface area contributed by atoms with Crippen LogP contribution in [-0.4, -0.2) is 30.6 Å². The van der Waals surface area contributed by atoms with Crippen LogP contribution in [0.5, 0.6) is 0 Å². The third-order valence-electron chi connectivity index (χ3n) is 1.80. The Morgan fingerprint density at radius 2 is 2.27 bits per heavy atom. The highest BCUT2D eigenvalue weighted by molar-refractivity contribution is 5.27. The average Bonchev–Trinajstić information content (AvgIpc) is 2.25. The Bertz CT molecular complexity index is 362. The summed E-state index contributed by atoms with van der Waals surface area (Å²) in [5, 5.41) is 3.19. The summed E-state index contributed by atoms with van der Waals surface area (Å²) in [7, 11) is 3.85. The van der Waals surface area contributed by atoms with Crippen molar-refractivity contribution in [1.29, 1.82) is 0 Å². The summed E-state index contributed by atoms with van der Waals surface area (Å²) in [6.45, 7) is 3.24. The van der Waals surface area contributed by atoms with Gasteiger partial charge in [-0.25, -0.2) is 9.97 Å². The van der Waals surface area contributed by atoms with Crippen LogP contribution in [0.1, 0.15) is 12.6 Å². The molecule has 0 radical (unpaired) electrons. The van der Waals surface area contributed by atoms with Gasteiger partial charge in [-0.05, 0) is 13.0 Å². The van der Waals surface area contributed by atoms with Crippen LogP contribution in [0.15, 0.2) is 12.3 Å². The van der Waals surface area contributed by atoms with E-state index in [0.717, 1.165) is 18.2 Å². The Labute approximate surface area is 90.7 Å². The summed E-state index contributed by atoms with van der Waals surface area (Å²) in [5.74, 6) is 6.50. The standard InChI is InChI=1S/C11H16N4/c1-4-5-7-12-9-10-6-8-13-11(14-10)15(2)3/h6,8,12H,7,9H2,1-3H3. The fraction of sp³-hybridized carbons (Fsp3) is 0.455. The zero-order valence-electron chi connectivity index (χ0n) is 9.41. The Morgan fingerprint density at radius 3 is 2.93 bits per heavy atom. The Balaban J connectivity index is 2.53. The van der Waals surface area contributed by atoms with E-state index in [1.165, 1.54) is 0 Å². The van der Waals surface area contributed by atoms with Gasteiger partial charge in [0.15, 0.2) is 0 Å². The second kappa shape index (κ2) is 5.99. The largest absolute Gasteiger partial charge is 0.347 e. The minimum atomic E-state index is 0.692. The first-order valence-electron chi connectivity index (χ1n) is 4.83. The number of hydrogen-bond acceptors (Lipinski definition) is 4. The first kappa shape index (κ1) is 11.5. The van der Waals surface area contributed by atoms with Gasteiger partial charge >= 0.3 is 0 Å². The molecule has 1 aromatic heterocycles. The van der Waals surface area contributed by atoms with Crippen molar-refractivity contribution in [3.8, 4) is 11.8 Å². The van der Waals surface area contributed by atoms with Gasteiger partial charge in [-0.2, -0.15) is 0 Å². The molecule has 0 amide bonds. The molecule has 0 fully saturated rings. The van der Waals surface area contributed by atoms with Gasteiger partial charge in [0.1, 0.15) is 0 Å². The maximum Gasteiger partial charge on any atom is 0.225 e. The lowest BCUT2D eigenvalue weighted by Crippen LogP contribution is -2.17. The molecular weight excluding hydrogens is 188 g/mol. The number of aromatic nitrogens is 2. The molecule has 80 valence electrons. The van der Waals surface area contributed by atoms with Crippen LogP contribution in [0, 0.1) is 11.8 Å². The summed E-state index contributed by atoms with van der Waals surface area (Å²) in [6.07, 6.45) is 1.77. The molecule has 0 atom stereocenters. The van der Waals surface area contributed by atoms with Crippen molar-refractivity contribution in [2.45, 2.75) is 13.5 Å². The monoisotopic (exact) mass is 204 g/mol. The van der Waals surface area contributed by atoms with Crippen LogP contribution in [0.25, 0.3) is 0 Å². The van der Waals surface area contributed by atoms with Gasteiger partial charge in [0, 0.05) is 26.8 Å². The Morgan fingerprint density at radius 1 is 1.47 bits per heavy atom. The Hall–Kier alpha value is -1.60. The minimum Gasteiger partial charge on any atom is -0.347 e. The van der Waals surface area contributed by atoms with Crippen LogP contribution >= 0.6 is 0 Å². The van der Waals surface area contributed by atoms with Gasteiger partial charge < -0.3 is 10.2 Å². The molecule has 0 saturated heterocycles. The maximum atomic E-state index is 4.37. The van der Waals surface area contributed by atoms with E-state index in [9.17, 15) is 0 Å². The van der Waals surface area contributed by atoms with Gasteiger partial charge in [0.05, 0.1) is 12.2 Å². The highest BCUT2D eigenvalue weighted by Gasteiger charge is 1.99. The molecule has 0 unspecified atom stereocenters. The van der Waals surface area contributed by atoms with Gasteiger partial charge in [0.2, 0.25) is 5.95 Å². The van der Waals surface area contributed by atoms with Crippen LogP contribution in [0.3, 0.4) is 0 Å². The van der Waals surface area contributed by atoms with E-state index in [-0.39, 0.29) is 0 Å². The molecule has 0 spiro atoms. The van der Waals surface area contributed by atoms with E-state index in [1.54, 1.807) is 6.20 Å². The smallest absolute Gasteiger partial charge is 0.225 e. The summed E-state index contributed by atoms with van der Waals surface area (Å²) in [5.41, 5.74) is 0.978. The molecule has 1 aromatic rings. The second-order valence-electron chi connectivity index (χ2n) is 3.27. The van der Waals surface area contributed by atoms with Gasteiger partial charge in [-0.3, -0.25) is 0 Å². The first-order valence-corrected chi connectivity index (χ1v) is 4.83. The number of rotatable bonds is 4. The quantitative estimate of drug-likeness (QED) is 0.577. The van der Waals surface area contributed by atoms with Crippen molar-refractivity contribution in [1.82, 2.24) is 15.3 Å². The molecule has 0 bridgehead atoms. The van der Waals surface area contributed by atoms with Crippen LogP contribution in [0.4, 0.5) is 5.95 Å². The molecule has 4 nitrogen and oxygen atoms in total. The molecular formula is C11H16N4. The molecule has 1 N–H and O–H groups in total. The van der Waals surface area contributed by atoms with Gasteiger partial charge in [-0.1, -0.05) is 5.92 Å². The van der Waals surface area contributed by atoms with E-state index in [2.05, 4.69) is 27.1 Å². The summed E-state index contributed by atoms with van der Waals surface area (Å²) >= 11 is 0. The van der Waals surface area contributed by atoms with E-state index in [0.29, 0.717) is 6.54 Å². The second-order valence-corrected chi connectivity index (χ2v) is 3.27. The third kappa shape index (κ3) is 3.96. The number of anilines is 1. The van der Waals surface area contributed by atoms with Crippen molar-refractivity contribution in [2.24, 2.45) is 0 Å². The maximum absolute atomic E-state index is 4.37. The van der Waals surface area contributed by atoms with Gasteiger partial charge in [0.25, 0.3) is 0 Å². The van der Waals surface area contributed by atoms with E-state index in [1.807, 2.05) is 32.0 Å². The van der Waals surface area contributed by atoms with Crippen molar-refractivity contribution in [2.75, 3.05) is 25.5 Å². The highest BCUT2D eigenvalue weighted by Crippen LogP contribution is 2.02. The predicted octanol–water partition coefficient (Wildman–Crippen LogP) is 0.655. The lowest BCUT2D eigenvalue weighted by Gasteiger charge is -2.10. The van der Waals surface area contributed by atoms with E-state index >= 15 is 0 Å². The normalized spacial score (nSPS) is 9.27. The Kier molecular flexibility index (Phi) is 4.58. The van der Waals surface area contributed by atoms with Crippen molar-refractivity contribution in [3.05, 3.63) is 18.0 Å². The molecule has 0 aromatic carbocycles. The summed E-state index contributed by atoms with van der Waals surface area (Å²) in [4.78, 5) is 10.4. The molecule has 0 aliphatic rings. The fourth-order valence-electron chi connectivity index (χ4n) is 1.04. The zero-order valence-corrected chi connectivity index (χ0v) is 9.41. The van der Waals surface area contributed by atoms with Gasteiger partial charge in [-0.15, -0.1) is 5.92 Å². The lowest BCUT2D eigenvalue weighted by molar-refractivity contribution is 0.743. The summed E-state index contributed by atoms with van der Waals surface area (Å²) < 4.78 is 0. The highest BCUT2D eigenvalue weighted by atomic mass is 15.2. The number of nitrogens with one attached hydrogen (secondary N) is 1. The van der Waals surface area contributed by atoms with Crippen LogP contribution in [-0.2, 0) is 6.54 Å². The third-order valence-corrected chi connectivity index (χ3v) is 1.80. The summed E-state index contributed by atoms with van der Waals surface area (Å²) in [6, 6.07) is 1.90. The molecule has 1 heterocycles. The topological polar surface area (TPSA) is 41.1 Å². The number of hydrogen-bond donors (Lipinski definition) is 1. The van der Waals surface area contributed by atoms with Crippen LogP contribution in [0.2, 0.25) is 0 Å². The average molecular weight is 204 g/mol. The van der Waals surface area contributed by atoms with E-state index < -0.39 is 0 Å². The lowest BCUT2D eigenvalue weighted by atomic mass is 10.4. The van der Waals surface area contributed by atoms with Crippen molar-refractivity contribution < 1.29 is 0 Å². The molecule has 0 aliphatic carbocycles. The minimum absolute atomic E-state index is 0.692.